The van der Waals surface area contributed by atoms with Crippen molar-refractivity contribution in [3.63, 3.8) is 0 Å². The van der Waals surface area contributed by atoms with Crippen LogP contribution in [-0.4, -0.2) is 33.5 Å². The molecule has 0 radical (unpaired) electrons. The number of hydrogen-bond acceptors (Lipinski definition) is 4. The van der Waals surface area contributed by atoms with Gasteiger partial charge in [0.15, 0.2) is 0 Å². The second kappa shape index (κ2) is 11.8. The van der Waals surface area contributed by atoms with Crippen LogP contribution in [0.2, 0.25) is 26.2 Å². The molecule has 0 saturated carbocycles. The van der Waals surface area contributed by atoms with Gasteiger partial charge in [0.2, 0.25) is 0 Å². The van der Waals surface area contributed by atoms with Crippen molar-refractivity contribution in [2.75, 3.05) is 0 Å². The summed E-state index contributed by atoms with van der Waals surface area (Å²) in [5.74, 6) is 0. The van der Waals surface area contributed by atoms with Crippen LogP contribution in [0.15, 0.2) is 53.3 Å². The van der Waals surface area contributed by atoms with E-state index in [0.717, 1.165) is 12.8 Å². The maximum atomic E-state index is 11.2. The molecule has 28 heavy (non-hydrogen) atoms. The highest BCUT2D eigenvalue weighted by molar-refractivity contribution is 14.1. The summed E-state index contributed by atoms with van der Waals surface area (Å²) in [4.78, 5) is 21.8. The van der Waals surface area contributed by atoms with Gasteiger partial charge in [0.25, 0.3) is 5.24 Å². The van der Waals surface area contributed by atoms with E-state index in [0.29, 0.717) is 5.56 Å². The van der Waals surface area contributed by atoms with Gasteiger partial charge >= 0.3 is 5.69 Å². The Morgan fingerprint density at radius 2 is 1.50 bits per heavy atom. The highest BCUT2D eigenvalue weighted by Crippen LogP contribution is 2.13. The molecule has 1 heterocycles. The van der Waals surface area contributed by atoms with E-state index in [2.05, 4.69) is 86.9 Å². The second-order valence-corrected chi connectivity index (χ2v) is 15.8. The van der Waals surface area contributed by atoms with Gasteiger partial charge in [-0.05, 0) is 91.5 Å². The number of carbonyl (C=O) groups is 1. The Bertz CT molecular complexity index is 964. The lowest BCUT2D eigenvalue weighted by Gasteiger charge is -2.01. The van der Waals surface area contributed by atoms with Gasteiger partial charge in [-0.25, -0.2) is 9.89 Å². The quantitative estimate of drug-likeness (QED) is 0.237. The summed E-state index contributed by atoms with van der Waals surface area (Å²) in [6.07, 6.45) is 0. The zero-order valence-corrected chi connectivity index (χ0v) is 22.0. The van der Waals surface area contributed by atoms with E-state index in [-0.39, 0.29) is 5.69 Å². The predicted molar refractivity (Wildman–Crippen MR) is 133 cm³/mol. The van der Waals surface area contributed by atoms with Gasteiger partial charge in [-0.15, -0.1) is 0 Å². The molecule has 0 amide bonds. The first kappa shape index (κ1) is 25.0. The summed E-state index contributed by atoms with van der Waals surface area (Å²) in [7, 11) is -0.611. The summed E-state index contributed by atoms with van der Waals surface area (Å²) in [6, 6.07) is 14.7. The zero-order chi connectivity index (χ0) is 21.3. The first-order valence-electron chi connectivity index (χ1n) is 8.20. The normalized spacial score (nSPS) is 10.2. The van der Waals surface area contributed by atoms with Crippen molar-refractivity contribution in [3.05, 3.63) is 71.7 Å². The Labute approximate surface area is 197 Å². The SMILES string of the molecule is C[Si](C)(C)C.O=C(Cl)c1ccccc1I.O=c1[nH]nnn1-c1ccccc1I. The molecule has 0 atom stereocenters. The Kier molecular flexibility index (Phi) is 10.6. The van der Waals surface area contributed by atoms with Crippen LogP contribution in [0.5, 0.6) is 0 Å². The number of nitrogens with one attached hydrogen (secondary N) is 1. The number of H-pyrrole nitrogens is 1. The van der Waals surface area contributed by atoms with Crippen molar-refractivity contribution in [2.24, 2.45) is 0 Å². The summed E-state index contributed by atoms with van der Waals surface area (Å²) < 4.78 is 3.07. The van der Waals surface area contributed by atoms with Crippen LogP contribution in [0.1, 0.15) is 10.4 Å². The lowest BCUT2D eigenvalue weighted by Crippen LogP contribution is -2.16. The topological polar surface area (TPSA) is 80.6 Å². The molecule has 150 valence electrons. The van der Waals surface area contributed by atoms with E-state index >= 15 is 0 Å². The highest BCUT2D eigenvalue weighted by Gasteiger charge is 2.05. The standard InChI is InChI=1S/C7H4ClIO.C7H5IN4O.C4H12Si/c8-7(10)5-3-1-2-4-6(5)9;8-5-3-1-2-4-6(5)12-7(13)9-10-11-12;1-5(2,3)4/h1-4H;1-4H,(H,9,11,13);1-4H3. The van der Waals surface area contributed by atoms with E-state index in [4.69, 9.17) is 11.6 Å². The summed E-state index contributed by atoms with van der Waals surface area (Å²) in [6.45, 7) is 9.31. The number of para-hydroxylation sites is 1. The molecule has 10 heteroatoms. The minimum absolute atomic E-state index is 0.330. The average Bonchev–Trinajstić information content (AvgIpc) is 3.00. The van der Waals surface area contributed by atoms with Gasteiger partial charge in [0.05, 0.1) is 5.69 Å². The number of carbonyl (C=O) groups excluding carboxylic acids is 1. The number of aromatic amines is 1. The fraction of sp³-hybridized carbons (Fsp3) is 0.222. The molecule has 0 spiro atoms. The van der Waals surface area contributed by atoms with E-state index in [9.17, 15) is 9.59 Å². The van der Waals surface area contributed by atoms with Gasteiger partial charge in [0, 0.05) is 20.8 Å². The predicted octanol–water partition coefficient (Wildman–Crippen LogP) is 5.18. The van der Waals surface area contributed by atoms with Crippen LogP contribution >= 0.6 is 56.8 Å². The number of benzene rings is 2. The molecule has 0 bridgehead atoms. The van der Waals surface area contributed by atoms with Gasteiger partial charge in [0.1, 0.15) is 0 Å². The summed E-state index contributed by atoms with van der Waals surface area (Å²) >= 11 is 9.47. The number of aromatic nitrogens is 4. The highest BCUT2D eigenvalue weighted by atomic mass is 127. The molecular formula is C18H21ClI2N4O2Si. The van der Waals surface area contributed by atoms with Gasteiger partial charge in [-0.1, -0.05) is 50.5 Å². The minimum atomic E-state index is -0.611. The lowest BCUT2D eigenvalue weighted by molar-refractivity contribution is 0.108. The van der Waals surface area contributed by atoms with Crippen molar-refractivity contribution in [2.45, 2.75) is 26.2 Å². The molecule has 0 aliphatic carbocycles. The summed E-state index contributed by atoms with van der Waals surface area (Å²) in [5.41, 5.74) is 0.982. The van der Waals surface area contributed by atoms with Gasteiger partial charge in [-0.2, -0.15) is 4.68 Å². The Morgan fingerprint density at radius 3 is 1.89 bits per heavy atom. The molecule has 2 aromatic carbocycles. The largest absolute Gasteiger partial charge is 0.365 e. The number of hydrogen-bond donors (Lipinski definition) is 1. The Hall–Kier alpha value is -1.05. The fourth-order valence-corrected chi connectivity index (χ4v) is 3.17. The molecular weight excluding hydrogens is 622 g/mol. The summed E-state index contributed by atoms with van der Waals surface area (Å²) in [5, 5.41) is 8.89. The van der Waals surface area contributed by atoms with E-state index < -0.39 is 13.3 Å². The van der Waals surface area contributed by atoms with Gasteiger partial charge in [-0.3, -0.25) is 4.79 Å². The van der Waals surface area contributed by atoms with E-state index in [1.165, 1.54) is 4.68 Å². The molecule has 0 aliphatic heterocycles. The molecule has 0 saturated heterocycles. The van der Waals surface area contributed by atoms with Crippen LogP contribution in [0.4, 0.5) is 0 Å². The fourth-order valence-electron chi connectivity index (χ4n) is 1.60. The molecule has 3 aromatic rings. The third-order valence-electron chi connectivity index (χ3n) is 2.64. The van der Waals surface area contributed by atoms with Crippen molar-refractivity contribution in [1.29, 1.82) is 0 Å². The van der Waals surface area contributed by atoms with Crippen molar-refractivity contribution >= 4 is 70.1 Å². The maximum absolute atomic E-state index is 11.2. The van der Waals surface area contributed by atoms with Crippen molar-refractivity contribution < 1.29 is 4.79 Å². The molecule has 0 fully saturated rings. The first-order valence-corrected chi connectivity index (χ1v) is 14.7. The molecule has 1 N–H and O–H groups in total. The van der Waals surface area contributed by atoms with Crippen molar-refractivity contribution in [1.82, 2.24) is 20.2 Å². The minimum Gasteiger partial charge on any atom is -0.276 e. The maximum Gasteiger partial charge on any atom is 0.365 e. The van der Waals surface area contributed by atoms with Crippen LogP contribution < -0.4 is 5.69 Å². The molecule has 0 unspecified atom stereocenters. The zero-order valence-electron chi connectivity index (χ0n) is 15.9. The van der Waals surface area contributed by atoms with E-state index in [1.54, 1.807) is 12.1 Å². The molecule has 1 aromatic heterocycles. The lowest BCUT2D eigenvalue weighted by atomic mass is 10.2. The number of halogens is 3. The third-order valence-corrected chi connectivity index (χ3v) is 4.69. The second-order valence-electron chi connectivity index (χ2n) is 7.12. The number of rotatable bonds is 2. The smallest absolute Gasteiger partial charge is 0.276 e. The van der Waals surface area contributed by atoms with Crippen LogP contribution in [0.3, 0.4) is 0 Å². The third kappa shape index (κ3) is 9.43. The van der Waals surface area contributed by atoms with Crippen molar-refractivity contribution in [3.8, 4) is 5.69 Å². The Balaban J connectivity index is 0.000000233. The van der Waals surface area contributed by atoms with E-state index in [1.807, 2.05) is 36.4 Å². The Morgan fingerprint density at radius 1 is 1.00 bits per heavy atom. The van der Waals surface area contributed by atoms with Crippen LogP contribution in [0.25, 0.3) is 5.69 Å². The molecule has 0 aliphatic rings. The molecule has 6 nitrogen and oxygen atoms in total. The van der Waals surface area contributed by atoms with Crippen LogP contribution in [-0.2, 0) is 0 Å². The molecule has 3 rings (SSSR count). The number of tetrazole rings is 1. The average molecular weight is 643 g/mol. The number of nitrogens with zero attached hydrogens (tertiary/aromatic N) is 3. The van der Waals surface area contributed by atoms with Gasteiger partial charge < -0.3 is 0 Å². The first-order chi connectivity index (χ1) is 13.0. The van der Waals surface area contributed by atoms with Crippen LogP contribution in [0, 0.1) is 7.14 Å². The monoisotopic (exact) mass is 642 g/mol.